The van der Waals surface area contributed by atoms with Crippen LogP contribution in [0.3, 0.4) is 0 Å². The molecule has 146 valence electrons. The molecule has 26 heavy (non-hydrogen) atoms. The molecule has 1 fully saturated rings. The van der Waals surface area contributed by atoms with Gasteiger partial charge in [0.05, 0.1) is 12.5 Å². The number of fused-ring (bicyclic) bond motifs is 1. The minimum absolute atomic E-state index is 0. The molecule has 8 heteroatoms. The lowest BCUT2D eigenvalue weighted by Gasteiger charge is -2.30. The second-order valence-corrected chi connectivity index (χ2v) is 7.54. The molecule has 0 aromatic carbocycles. The molecule has 0 spiro atoms. The van der Waals surface area contributed by atoms with Crippen molar-refractivity contribution in [3.8, 4) is 0 Å². The Morgan fingerprint density at radius 1 is 1.23 bits per heavy atom. The molecule has 3 rings (SSSR count). The Morgan fingerprint density at radius 2 is 1.96 bits per heavy atom. The number of oxazole rings is 1. The average molecular weight is 385 g/mol. The van der Waals surface area contributed by atoms with Gasteiger partial charge in [0.1, 0.15) is 11.5 Å². The Hall–Kier alpha value is -1.60. The summed E-state index contributed by atoms with van der Waals surface area (Å²) in [6.07, 6.45) is 2.19. The van der Waals surface area contributed by atoms with Gasteiger partial charge in [-0.3, -0.25) is 9.59 Å². The van der Waals surface area contributed by atoms with E-state index in [1.165, 1.54) is 6.92 Å². The fourth-order valence-corrected chi connectivity index (χ4v) is 3.59. The Balaban J connectivity index is 0.00000243. The van der Waals surface area contributed by atoms with Crippen molar-refractivity contribution in [2.45, 2.75) is 58.5 Å². The minimum Gasteiger partial charge on any atom is -0.445 e. The summed E-state index contributed by atoms with van der Waals surface area (Å²) in [5.74, 6) is 1.77. The number of nitrogens with two attached hydrogens (primary N) is 1. The zero-order chi connectivity index (χ0) is 18.1. The van der Waals surface area contributed by atoms with Gasteiger partial charge >= 0.3 is 0 Å². The summed E-state index contributed by atoms with van der Waals surface area (Å²) in [4.78, 5) is 32.9. The van der Waals surface area contributed by atoms with Crippen LogP contribution in [0.15, 0.2) is 4.42 Å². The van der Waals surface area contributed by atoms with Crippen molar-refractivity contribution in [2.75, 3.05) is 19.6 Å². The van der Waals surface area contributed by atoms with Crippen LogP contribution in [0.1, 0.15) is 56.9 Å². The molecule has 2 aliphatic rings. The van der Waals surface area contributed by atoms with E-state index in [4.69, 9.17) is 10.2 Å². The number of rotatable bonds is 2. The highest BCUT2D eigenvalue weighted by molar-refractivity contribution is 5.85. The topological polar surface area (TPSA) is 92.7 Å². The van der Waals surface area contributed by atoms with Gasteiger partial charge in [0.2, 0.25) is 11.8 Å². The molecule has 1 saturated heterocycles. The van der Waals surface area contributed by atoms with Gasteiger partial charge in [0.15, 0.2) is 5.89 Å². The lowest BCUT2D eigenvalue weighted by atomic mass is 9.99. The fraction of sp³-hybridized carbons (Fsp3) is 0.722. The third kappa shape index (κ3) is 4.38. The van der Waals surface area contributed by atoms with Gasteiger partial charge < -0.3 is 20.0 Å². The van der Waals surface area contributed by atoms with Gasteiger partial charge in [-0.25, -0.2) is 4.98 Å². The molecule has 2 aliphatic heterocycles. The smallest absolute Gasteiger partial charge is 0.227 e. The van der Waals surface area contributed by atoms with E-state index in [2.05, 4.69) is 4.98 Å². The number of hydrogen-bond donors (Lipinski definition) is 1. The number of aromatic nitrogens is 1. The number of hydrogen-bond acceptors (Lipinski definition) is 5. The number of carbonyl (C=O) groups excluding carboxylic acids is 2. The second-order valence-electron chi connectivity index (χ2n) is 7.54. The van der Waals surface area contributed by atoms with Crippen molar-refractivity contribution in [2.24, 2.45) is 11.7 Å². The maximum Gasteiger partial charge on any atom is 0.227 e. The van der Waals surface area contributed by atoms with Crippen LogP contribution in [0.4, 0.5) is 0 Å². The highest BCUT2D eigenvalue weighted by atomic mass is 35.5. The maximum atomic E-state index is 13.0. The summed E-state index contributed by atoms with van der Waals surface area (Å²) >= 11 is 0. The van der Waals surface area contributed by atoms with Crippen LogP contribution in [0.2, 0.25) is 0 Å². The van der Waals surface area contributed by atoms with E-state index in [1.807, 2.05) is 18.7 Å². The first kappa shape index (κ1) is 20.7. The van der Waals surface area contributed by atoms with Crippen LogP contribution >= 0.6 is 12.4 Å². The molecule has 1 aromatic heterocycles. The normalized spacial score (nSPS) is 23.3. The van der Waals surface area contributed by atoms with Crippen molar-refractivity contribution >= 4 is 24.2 Å². The van der Waals surface area contributed by atoms with Gasteiger partial charge in [-0.1, -0.05) is 13.8 Å². The highest BCUT2D eigenvalue weighted by Crippen LogP contribution is 2.26. The number of amides is 2. The predicted molar refractivity (Wildman–Crippen MR) is 99.9 cm³/mol. The van der Waals surface area contributed by atoms with E-state index in [-0.39, 0.29) is 42.1 Å². The first-order chi connectivity index (χ1) is 11.8. The molecule has 0 unspecified atom stereocenters. The Bertz CT molecular complexity index is 661. The molecule has 7 nitrogen and oxygen atoms in total. The van der Waals surface area contributed by atoms with Gasteiger partial charge in [0.25, 0.3) is 0 Å². The predicted octanol–water partition coefficient (Wildman–Crippen LogP) is 1.69. The number of carbonyl (C=O) groups is 2. The molecule has 1 aromatic rings. The quantitative estimate of drug-likeness (QED) is 0.837. The second kappa shape index (κ2) is 8.39. The van der Waals surface area contributed by atoms with E-state index in [9.17, 15) is 9.59 Å². The third-order valence-electron chi connectivity index (χ3n) is 5.13. The number of nitrogens with zero attached hydrogens (tertiary/aromatic N) is 3. The summed E-state index contributed by atoms with van der Waals surface area (Å²) in [7, 11) is 0. The molecule has 0 bridgehead atoms. The number of likely N-dealkylation sites (tertiary alicyclic amines) is 1. The summed E-state index contributed by atoms with van der Waals surface area (Å²) < 4.78 is 5.81. The van der Waals surface area contributed by atoms with Crippen LogP contribution in [-0.4, -0.2) is 52.3 Å². The molecular formula is C18H29ClN4O3. The van der Waals surface area contributed by atoms with Crippen molar-refractivity contribution in [3.63, 3.8) is 0 Å². The van der Waals surface area contributed by atoms with E-state index < -0.39 is 0 Å². The Labute approximate surface area is 160 Å². The molecule has 0 radical (unpaired) electrons. The lowest BCUT2D eigenvalue weighted by molar-refractivity contribution is -0.138. The summed E-state index contributed by atoms with van der Waals surface area (Å²) in [6, 6.07) is -0.0567. The fourth-order valence-electron chi connectivity index (χ4n) is 3.59. The number of halogens is 1. The summed E-state index contributed by atoms with van der Waals surface area (Å²) in [5, 5.41) is 0. The van der Waals surface area contributed by atoms with Crippen LogP contribution in [0, 0.1) is 5.92 Å². The van der Waals surface area contributed by atoms with Crippen molar-refractivity contribution in [3.05, 3.63) is 17.3 Å². The monoisotopic (exact) mass is 384 g/mol. The summed E-state index contributed by atoms with van der Waals surface area (Å²) in [5.41, 5.74) is 6.93. The molecule has 0 saturated carbocycles. The molecule has 0 aliphatic carbocycles. The van der Waals surface area contributed by atoms with Crippen LogP contribution in [-0.2, 0) is 22.6 Å². The van der Waals surface area contributed by atoms with Crippen LogP contribution in [0.25, 0.3) is 0 Å². The van der Waals surface area contributed by atoms with Crippen LogP contribution < -0.4 is 5.73 Å². The van der Waals surface area contributed by atoms with E-state index in [0.717, 1.165) is 30.2 Å². The van der Waals surface area contributed by atoms with Gasteiger partial charge in [0, 0.05) is 44.9 Å². The molecule has 2 atom stereocenters. The largest absolute Gasteiger partial charge is 0.445 e. The standard InChI is InChI=1S/C18H28N4O3.ClH/c1-11(2)17-20-15-10-21(7-6-16(15)25-17)18(24)13-4-5-14(19)9-22(8-13)12(3)23;/h11,13-14H,4-10,19H2,1-3H3;1H/t13-,14+;/m0./s1. The van der Waals surface area contributed by atoms with Gasteiger partial charge in [-0.15, -0.1) is 12.4 Å². The first-order valence-electron chi connectivity index (χ1n) is 9.13. The molecule has 3 heterocycles. The van der Waals surface area contributed by atoms with Gasteiger partial charge in [-0.2, -0.15) is 0 Å². The van der Waals surface area contributed by atoms with Crippen molar-refractivity contribution in [1.82, 2.24) is 14.8 Å². The zero-order valence-corrected chi connectivity index (χ0v) is 16.6. The van der Waals surface area contributed by atoms with E-state index >= 15 is 0 Å². The maximum absolute atomic E-state index is 13.0. The zero-order valence-electron chi connectivity index (χ0n) is 15.7. The summed E-state index contributed by atoms with van der Waals surface area (Å²) in [6.45, 7) is 7.76. The molecule has 2 amide bonds. The van der Waals surface area contributed by atoms with Crippen molar-refractivity contribution in [1.29, 1.82) is 0 Å². The van der Waals surface area contributed by atoms with Gasteiger partial charge in [-0.05, 0) is 12.8 Å². The molecular weight excluding hydrogens is 356 g/mol. The molecule has 2 N–H and O–H groups in total. The lowest BCUT2D eigenvalue weighted by Crippen LogP contribution is -2.44. The first-order valence-corrected chi connectivity index (χ1v) is 9.13. The Kier molecular flexibility index (Phi) is 6.69. The van der Waals surface area contributed by atoms with Crippen LogP contribution in [0.5, 0.6) is 0 Å². The van der Waals surface area contributed by atoms with E-state index in [0.29, 0.717) is 32.6 Å². The van der Waals surface area contributed by atoms with E-state index in [1.54, 1.807) is 4.90 Å². The average Bonchev–Trinajstić information content (AvgIpc) is 2.90. The Morgan fingerprint density at radius 3 is 2.62 bits per heavy atom. The minimum atomic E-state index is -0.185. The SMILES string of the molecule is CC(=O)N1C[C@H](N)CC[C@H](C(=O)N2CCc3oc(C(C)C)nc3C2)C1.Cl. The third-order valence-corrected chi connectivity index (χ3v) is 5.13. The van der Waals surface area contributed by atoms with Crippen molar-refractivity contribution < 1.29 is 14.0 Å². The highest BCUT2D eigenvalue weighted by Gasteiger charge is 2.33.